The monoisotopic (exact) mass is 251 g/mol. The number of hydrogen-bond acceptors (Lipinski definition) is 3. The van der Waals surface area contributed by atoms with Crippen molar-refractivity contribution in [2.24, 2.45) is 5.73 Å². The zero-order chi connectivity index (χ0) is 13.0. The van der Waals surface area contributed by atoms with Gasteiger partial charge in [0, 0.05) is 45.3 Å². The van der Waals surface area contributed by atoms with Crippen LogP contribution in [-0.2, 0) is 6.54 Å². The molecule has 1 atom stereocenters. The Labute approximate surface area is 108 Å². The third-order valence-corrected chi connectivity index (χ3v) is 3.69. The van der Waals surface area contributed by atoms with Crippen molar-refractivity contribution in [1.82, 2.24) is 9.80 Å². The maximum atomic E-state index is 12.8. The van der Waals surface area contributed by atoms with Crippen LogP contribution in [0.3, 0.4) is 0 Å². The number of halogens is 1. The third kappa shape index (κ3) is 3.51. The molecule has 0 spiro atoms. The average molecular weight is 251 g/mol. The SMILES string of the molecule is CC(CN)N1CCN(Cc2ccc(F)cc2)CC1. The van der Waals surface area contributed by atoms with E-state index in [9.17, 15) is 4.39 Å². The highest BCUT2D eigenvalue weighted by Crippen LogP contribution is 2.10. The lowest BCUT2D eigenvalue weighted by Gasteiger charge is -2.37. The van der Waals surface area contributed by atoms with Crippen molar-refractivity contribution in [1.29, 1.82) is 0 Å². The zero-order valence-electron chi connectivity index (χ0n) is 11.0. The fourth-order valence-corrected chi connectivity index (χ4v) is 2.36. The maximum absolute atomic E-state index is 12.8. The molecule has 3 nitrogen and oxygen atoms in total. The number of nitrogens with zero attached hydrogens (tertiary/aromatic N) is 2. The zero-order valence-corrected chi connectivity index (χ0v) is 11.0. The molecule has 4 heteroatoms. The molecule has 1 unspecified atom stereocenters. The number of rotatable bonds is 4. The summed E-state index contributed by atoms with van der Waals surface area (Å²) in [4.78, 5) is 4.84. The molecular weight excluding hydrogens is 229 g/mol. The average Bonchev–Trinajstić information content (AvgIpc) is 2.41. The van der Waals surface area contributed by atoms with Crippen LogP contribution in [0.1, 0.15) is 12.5 Å². The van der Waals surface area contributed by atoms with Crippen LogP contribution in [0.5, 0.6) is 0 Å². The Morgan fingerprint density at radius 1 is 1.17 bits per heavy atom. The van der Waals surface area contributed by atoms with Gasteiger partial charge >= 0.3 is 0 Å². The normalized spacial score (nSPS) is 19.9. The Morgan fingerprint density at radius 3 is 2.33 bits per heavy atom. The summed E-state index contributed by atoms with van der Waals surface area (Å²) in [6, 6.07) is 7.26. The van der Waals surface area contributed by atoms with Crippen molar-refractivity contribution in [2.75, 3.05) is 32.7 Å². The summed E-state index contributed by atoms with van der Waals surface area (Å²) in [6.45, 7) is 8.06. The van der Waals surface area contributed by atoms with Gasteiger partial charge in [-0.2, -0.15) is 0 Å². The van der Waals surface area contributed by atoms with Crippen molar-refractivity contribution in [3.63, 3.8) is 0 Å². The van der Waals surface area contributed by atoms with E-state index in [2.05, 4.69) is 16.7 Å². The van der Waals surface area contributed by atoms with Crippen LogP contribution in [-0.4, -0.2) is 48.6 Å². The first-order valence-corrected chi connectivity index (χ1v) is 6.60. The highest BCUT2D eigenvalue weighted by Gasteiger charge is 2.19. The molecule has 0 aliphatic carbocycles. The molecule has 18 heavy (non-hydrogen) atoms. The summed E-state index contributed by atoms with van der Waals surface area (Å²) < 4.78 is 12.8. The van der Waals surface area contributed by atoms with E-state index in [-0.39, 0.29) is 5.82 Å². The van der Waals surface area contributed by atoms with Crippen LogP contribution in [0.15, 0.2) is 24.3 Å². The molecule has 0 radical (unpaired) electrons. The summed E-state index contributed by atoms with van der Waals surface area (Å²) in [5.41, 5.74) is 6.86. The van der Waals surface area contributed by atoms with E-state index in [4.69, 9.17) is 5.73 Å². The van der Waals surface area contributed by atoms with Crippen molar-refractivity contribution in [3.05, 3.63) is 35.6 Å². The number of piperazine rings is 1. The Hall–Kier alpha value is -0.970. The Bertz CT molecular complexity index is 358. The summed E-state index contributed by atoms with van der Waals surface area (Å²) >= 11 is 0. The Balaban J connectivity index is 1.81. The summed E-state index contributed by atoms with van der Waals surface area (Å²) in [5.74, 6) is -0.166. The van der Waals surface area contributed by atoms with E-state index in [1.54, 1.807) is 0 Å². The molecule has 1 aliphatic heterocycles. The standard InChI is InChI=1S/C14H22FN3/c1-12(10-16)18-8-6-17(7-9-18)11-13-2-4-14(15)5-3-13/h2-5,12H,6-11,16H2,1H3. The van der Waals surface area contributed by atoms with Gasteiger partial charge in [-0.1, -0.05) is 12.1 Å². The lowest BCUT2D eigenvalue weighted by molar-refractivity contribution is 0.100. The lowest BCUT2D eigenvalue weighted by atomic mass is 10.2. The summed E-state index contributed by atoms with van der Waals surface area (Å²) in [5, 5.41) is 0. The first-order valence-electron chi connectivity index (χ1n) is 6.60. The Kier molecular flexibility index (Phi) is 4.69. The van der Waals surface area contributed by atoms with Crippen LogP contribution in [0.4, 0.5) is 4.39 Å². The second kappa shape index (κ2) is 6.27. The van der Waals surface area contributed by atoms with E-state index >= 15 is 0 Å². The minimum atomic E-state index is -0.166. The molecule has 0 aromatic heterocycles. The molecule has 0 saturated carbocycles. The number of nitrogens with two attached hydrogens (primary N) is 1. The Morgan fingerprint density at radius 2 is 1.78 bits per heavy atom. The van der Waals surface area contributed by atoms with Gasteiger partial charge in [-0.05, 0) is 24.6 Å². The highest BCUT2D eigenvalue weighted by molar-refractivity contribution is 5.15. The molecule has 0 bridgehead atoms. The molecule has 1 aliphatic rings. The van der Waals surface area contributed by atoms with Gasteiger partial charge in [0.15, 0.2) is 0 Å². The first-order chi connectivity index (χ1) is 8.69. The largest absolute Gasteiger partial charge is 0.329 e. The van der Waals surface area contributed by atoms with Crippen LogP contribution in [0.25, 0.3) is 0 Å². The smallest absolute Gasteiger partial charge is 0.123 e. The van der Waals surface area contributed by atoms with Gasteiger partial charge in [-0.25, -0.2) is 4.39 Å². The fourth-order valence-electron chi connectivity index (χ4n) is 2.36. The topological polar surface area (TPSA) is 32.5 Å². The van der Waals surface area contributed by atoms with E-state index in [1.165, 1.54) is 17.7 Å². The molecule has 1 aromatic rings. The summed E-state index contributed by atoms with van der Waals surface area (Å²) in [7, 11) is 0. The summed E-state index contributed by atoms with van der Waals surface area (Å²) in [6.07, 6.45) is 0. The molecule has 0 amide bonds. The third-order valence-electron chi connectivity index (χ3n) is 3.69. The van der Waals surface area contributed by atoms with Crippen molar-refractivity contribution < 1.29 is 4.39 Å². The molecule has 2 rings (SSSR count). The lowest BCUT2D eigenvalue weighted by Crippen LogP contribution is -2.51. The predicted octanol–water partition coefficient (Wildman–Crippen LogP) is 1.29. The van der Waals surface area contributed by atoms with Crippen molar-refractivity contribution in [3.8, 4) is 0 Å². The fraction of sp³-hybridized carbons (Fsp3) is 0.571. The molecule has 2 N–H and O–H groups in total. The first kappa shape index (κ1) is 13.5. The van der Waals surface area contributed by atoms with Gasteiger partial charge in [0.05, 0.1) is 0 Å². The molecule has 100 valence electrons. The van der Waals surface area contributed by atoms with Gasteiger partial charge in [-0.15, -0.1) is 0 Å². The van der Waals surface area contributed by atoms with Crippen LogP contribution in [0.2, 0.25) is 0 Å². The van der Waals surface area contributed by atoms with Crippen LogP contribution >= 0.6 is 0 Å². The van der Waals surface area contributed by atoms with Crippen molar-refractivity contribution in [2.45, 2.75) is 19.5 Å². The second-order valence-electron chi connectivity index (χ2n) is 5.02. The highest BCUT2D eigenvalue weighted by atomic mass is 19.1. The van der Waals surface area contributed by atoms with Gasteiger partial charge in [0.25, 0.3) is 0 Å². The van der Waals surface area contributed by atoms with Gasteiger partial charge in [0.1, 0.15) is 5.82 Å². The molecule has 1 fully saturated rings. The molecular formula is C14H22FN3. The molecule has 1 aromatic carbocycles. The molecule has 1 heterocycles. The van der Waals surface area contributed by atoms with E-state index < -0.39 is 0 Å². The van der Waals surface area contributed by atoms with Crippen molar-refractivity contribution >= 4 is 0 Å². The van der Waals surface area contributed by atoms with E-state index in [0.717, 1.165) is 39.3 Å². The number of hydrogen-bond donors (Lipinski definition) is 1. The van der Waals surface area contributed by atoms with Gasteiger partial charge in [0.2, 0.25) is 0 Å². The number of benzene rings is 1. The second-order valence-corrected chi connectivity index (χ2v) is 5.02. The van der Waals surface area contributed by atoms with E-state index in [0.29, 0.717) is 6.04 Å². The minimum Gasteiger partial charge on any atom is -0.329 e. The van der Waals surface area contributed by atoms with Crippen LogP contribution in [0, 0.1) is 5.82 Å². The maximum Gasteiger partial charge on any atom is 0.123 e. The van der Waals surface area contributed by atoms with Gasteiger partial charge < -0.3 is 5.73 Å². The minimum absolute atomic E-state index is 0.166. The van der Waals surface area contributed by atoms with Crippen LogP contribution < -0.4 is 5.73 Å². The quantitative estimate of drug-likeness (QED) is 0.875. The van der Waals surface area contributed by atoms with E-state index in [1.807, 2.05) is 12.1 Å². The predicted molar refractivity (Wildman–Crippen MR) is 71.8 cm³/mol. The van der Waals surface area contributed by atoms with Gasteiger partial charge in [-0.3, -0.25) is 9.80 Å². The molecule has 1 saturated heterocycles.